The molecule has 0 fully saturated rings. The molecule has 0 unspecified atom stereocenters. The summed E-state index contributed by atoms with van der Waals surface area (Å²) in [5, 5.41) is 10.7. The van der Waals surface area contributed by atoms with Crippen LogP contribution >= 0.6 is 11.6 Å². The first kappa shape index (κ1) is 13.2. The van der Waals surface area contributed by atoms with Gasteiger partial charge in [0.15, 0.2) is 0 Å². The van der Waals surface area contributed by atoms with Gasteiger partial charge in [0.1, 0.15) is 12.4 Å². The van der Waals surface area contributed by atoms with Gasteiger partial charge in [-0.3, -0.25) is 10.1 Å². The Morgan fingerprint density at radius 1 is 1.37 bits per heavy atom. The number of rotatable bonds is 4. The fourth-order valence-corrected chi connectivity index (χ4v) is 1.63. The van der Waals surface area contributed by atoms with Crippen molar-refractivity contribution in [3.05, 3.63) is 63.2 Å². The van der Waals surface area contributed by atoms with E-state index < -0.39 is 10.9 Å². The van der Waals surface area contributed by atoms with Crippen LogP contribution < -0.4 is 4.74 Å². The number of nitro benzene ring substituents is 1. The summed E-state index contributed by atoms with van der Waals surface area (Å²) in [6.45, 7) is 0.0231. The molecule has 0 aliphatic rings. The Kier molecular flexibility index (Phi) is 3.91. The van der Waals surface area contributed by atoms with Crippen LogP contribution in [0.5, 0.6) is 5.75 Å². The summed E-state index contributed by atoms with van der Waals surface area (Å²) < 4.78 is 18.2. The molecule has 5 nitrogen and oxygen atoms in total. The molecule has 2 aromatic rings. The number of benzene rings is 1. The first-order valence-corrected chi connectivity index (χ1v) is 5.62. The second-order valence-electron chi connectivity index (χ2n) is 3.61. The van der Waals surface area contributed by atoms with Gasteiger partial charge in [0.05, 0.1) is 15.6 Å². The van der Waals surface area contributed by atoms with Gasteiger partial charge in [-0.2, -0.15) is 4.39 Å². The number of ether oxygens (including phenoxy) is 1. The molecule has 0 bridgehead atoms. The van der Waals surface area contributed by atoms with Gasteiger partial charge in [-0.05, 0) is 18.2 Å². The maximum Gasteiger partial charge on any atom is 0.271 e. The normalized spacial score (nSPS) is 10.2. The third-order valence-corrected chi connectivity index (χ3v) is 2.57. The third-order valence-electron chi connectivity index (χ3n) is 2.27. The van der Waals surface area contributed by atoms with Gasteiger partial charge < -0.3 is 4.74 Å². The highest BCUT2D eigenvalue weighted by Gasteiger charge is 2.10. The quantitative estimate of drug-likeness (QED) is 0.490. The van der Waals surface area contributed by atoms with Gasteiger partial charge in [0.2, 0.25) is 5.95 Å². The van der Waals surface area contributed by atoms with E-state index in [0.29, 0.717) is 5.69 Å². The van der Waals surface area contributed by atoms with E-state index in [0.717, 1.165) is 0 Å². The molecule has 0 amide bonds. The highest BCUT2D eigenvalue weighted by Crippen LogP contribution is 2.29. The Bertz CT molecular complexity index is 622. The van der Waals surface area contributed by atoms with Crippen molar-refractivity contribution in [3.63, 3.8) is 0 Å². The summed E-state index contributed by atoms with van der Waals surface area (Å²) in [6, 6.07) is 8.19. The van der Waals surface area contributed by atoms with E-state index >= 15 is 0 Å². The summed E-state index contributed by atoms with van der Waals surface area (Å²) >= 11 is 5.85. The average molecular weight is 283 g/mol. The Hall–Kier alpha value is -2.21. The number of hydrogen-bond acceptors (Lipinski definition) is 4. The standard InChI is InChI=1S/C12H8ClFN2O3/c13-10-6-9(16(17)18)4-5-11(10)19-7-8-2-1-3-12(14)15-8/h1-6H,7H2. The Morgan fingerprint density at radius 2 is 2.16 bits per heavy atom. The van der Waals surface area contributed by atoms with Crippen LogP contribution in [0.15, 0.2) is 36.4 Å². The van der Waals surface area contributed by atoms with Gasteiger partial charge in [-0.25, -0.2) is 4.98 Å². The zero-order chi connectivity index (χ0) is 13.8. The topological polar surface area (TPSA) is 65.3 Å². The van der Waals surface area contributed by atoms with Gasteiger partial charge in [-0.15, -0.1) is 0 Å². The lowest BCUT2D eigenvalue weighted by atomic mass is 10.3. The minimum atomic E-state index is -0.601. The van der Waals surface area contributed by atoms with Crippen molar-refractivity contribution in [1.29, 1.82) is 0 Å². The van der Waals surface area contributed by atoms with Crippen molar-refractivity contribution in [2.24, 2.45) is 0 Å². The Balaban J connectivity index is 2.10. The number of nitro groups is 1. The molecule has 0 N–H and O–H groups in total. The fourth-order valence-electron chi connectivity index (χ4n) is 1.40. The van der Waals surface area contributed by atoms with Crippen molar-refractivity contribution in [1.82, 2.24) is 4.98 Å². The molecule has 0 spiro atoms. The number of pyridine rings is 1. The minimum absolute atomic E-state index is 0.0231. The summed E-state index contributed by atoms with van der Waals surface area (Å²) in [5.74, 6) is -0.325. The molecule has 0 atom stereocenters. The number of halogens is 2. The summed E-state index contributed by atoms with van der Waals surface area (Å²) in [4.78, 5) is 13.6. The number of hydrogen-bond donors (Lipinski definition) is 0. The number of non-ortho nitro benzene ring substituents is 1. The van der Waals surface area contributed by atoms with E-state index in [-0.39, 0.29) is 23.1 Å². The van der Waals surface area contributed by atoms with E-state index in [1.165, 1.54) is 30.3 Å². The SMILES string of the molecule is O=[N+]([O-])c1ccc(OCc2cccc(F)n2)c(Cl)c1. The van der Waals surface area contributed by atoms with Crippen molar-refractivity contribution >= 4 is 17.3 Å². The zero-order valence-electron chi connectivity index (χ0n) is 9.55. The highest BCUT2D eigenvalue weighted by molar-refractivity contribution is 6.32. The fraction of sp³-hybridized carbons (Fsp3) is 0.0833. The molecule has 98 valence electrons. The Morgan fingerprint density at radius 3 is 2.79 bits per heavy atom. The molecule has 0 aliphatic heterocycles. The largest absolute Gasteiger partial charge is 0.486 e. The smallest absolute Gasteiger partial charge is 0.271 e. The van der Waals surface area contributed by atoms with Crippen LogP contribution in [0.25, 0.3) is 0 Å². The zero-order valence-corrected chi connectivity index (χ0v) is 10.3. The number of aromatic nitrogens is 1. The number of nitrogens with zero attached hydrogens (tertiary/aromatic N) is 2. The lowest BCUT2D eigenvalue weighted by molar-refractivity contribution is -0.384. The summed E-state index contributed by atoms with van der Waals surface area (Å²) in [7, 11) is 0. The molecular weight excluding hydrogens is 275 g/mol. The van der Waals surface area contributed by atoms with Crippen molar-refractivity contribution < 1.29 is 14.1 Å². The van der Waals surface area contributed by atoms with Crippen LogP contribution in [-0.4, -0.2) is 9.91 Å². The molecule has 0 saturated carbocycles. The molecule has 0 saturated heterocycles. The highest BCUT2D eigenvalue weighted by atomic mass is 35.5. The lowest BCUT2D eigenvalue weighted by Crippen LogP contribution is -2.00. The second-order valence-corrected chi connectivity index (χ2v) is 4.02. The maximum absolute atomic E-state index is 12.8. The molecule has 0 radical (unpaired) electrons. The minimum Gasteiger partial charge on any atom is -0.486 e. The van der Waals surface area contributed by atoms with Crippen LogP contribution in [0.3, 0.4) is 0 Å². The van der Waals surface area contributed by atoms with Gasteiger partial charge in [0, 0.05) is 12.1 Å². The average Bonchev–Trinajstić information content (AvgIpc) is 2.37. The van der Waals surface area contributed by atoms with E-state index in [4.69, 9.17) is 16.3 Å². The lowest BCUT2D eigenvalue weighted by Gasteiger charge is -2.07. The van der Waals surface area contributed by atoms with E-state index in [1.807, 2.05) is 0 Å². The molecule has 2 rings (SSSR count). The molecule has 1 heterocycles. The van der Waals surface area contributed by atoms with Crippen LogP contribution in [-0.2, 0) is 6.61 Å². The molecule has 7 heteroatoms. The van der Waals surface area contributed by atoms with E-state index in [9.17, 15) is 14.5 Å². The molecule has 1 aromatic carbocycles. The van der Waals surface area contributed by atoms with E-state index in [1.54, 1.807) is 6.07 Å². The van der Waals surface area contributed by atoms with Crippen LogP contribution in [0.4, 0.5) is 10.1 Å². The van der Waals surface area contributed by atoms with Crippen LogP contribution in [0.2, 0.25) is 5.02 Å². The summed E-state index contributed by atoms with van der Waals surface area (Å²) in [6.07, 6.45) is 0. The monoisotopic (exact) mass is 282 g/mol. The van der Waals surface area contributed by atoms with Crippen LogP contribution in [0.1, 0.15) is 5.69 Å². The first-order chi connectivity index (χ1) is 9.06. The third kappa shape index (κ3) is 3.38. The van der Waals surface area contributed by atoms with Gasteiger partial charge in [-0.1, -0.05) is 17.7 Å². The Labute approximate surface area is 112 Å². The molecule has 1 aromatic heterocycles. The molecular formula is C12H8ClFN2O3. The second kappa shape index (κ2) is 5.62. The van der Waals surface area contributed by atoms with Crippen molar-refractivity contribution in [2.45, 2.75) is 6.61 Å². The first-order valence-electron chi connectivity index (χ1n) is 5.24. The predicted octanol–water partition coefficient (Wildman–Crippen LogP) is 3.36. The predicted molar refractivity (Wildman–Crippen MR) is 66.6 cm³/mol. The van der Waals surface area contributed by atoms with E-state index in [2.05, 4.69) is 4.98 Å². The summed E-state index contributed by atoms with van der Waals surface area (Å²) in [5.41, 5.74) is 0.274. The van der Waals surface area contributed by atoms with Crippen LogP contribution in [0, 0.1) is 16.1 Å². The van der Waals surface area contributed by atoms with Gasteiger partial charge in [0.25, 0.3) is 5.69 Å². The van der Waals surface area contributed by atoms with Gasteiger partial charge >= 0.3 is 0 Å². The molecule has 0 aliphatic carbocycles. The molecule has 19 heavy (non-hydrogen) atoms. The van der Waals surface area contributed by atoms with Crippen molar-refractivity contribution in [2.75, 3.05) is 0 Å². The maximum atomic E-state index is 12.8. The van der Waals surface area contributed by atoms with Crippen molar-refractivity contribution in [3.8, 4) is 5.75 Å².